The molecule has 1 fully saturated rings. The number of nitrogens with zero attached hydrogens (tertiary/aromatic N) is 3. The Morgan fingerprint density at radius 3 is 2.89 bits per heavy atom. The van der Waals surface area contributed by atoms with E-state index < -0.39 is 0 Å². The van der Waals surface area contributed by atoms with Crippen LogP contribution < -0.4 is 10.6 Å². The summed E-state index contributed by atoms with van der Waals surface area (Å²) in [6.45, 7) is 4.07. The van der Waals surface area contributed by atoms with Gasteiger partial charge in [-0.2, -0.15) is 10.1 Å². The van der Waals surface area contributed by atoms with E-state index in [9.17, 15) is 4.79 Å². The molecule has 28 heavy (non-hydrogen) atoms. The van der Waals surface area contributed by atoms with E-state index in [1.165, 1.54) is 10.9 Å². The number of halogens is 1. The molecule has 0 spiro atoms. The Hall–Kier alpha value is -2.38. The fourth-order valence-corrected chi connectivity index (χ4v) is 3.70. The number of aromatic nitrogens is 4. The van der Waals surface area contributed by atoms with Crippen LogP contribution in [0.4, 0.5) is 5.95 Å². The number of anilines is 1. The van der Waals surface area contributed by atoms with Gasteiger partial charge in [0.25, 0.3) is 0 Å². The highest BCUT2D eigenvalue weighted by Crippen LogP contribution is 2.24. The van der Waals surface area contributed by atoms with E-state index in [-0.39, 0.29) is 18.3 Å². The first kappa shape index (κ1) is 20.4. The van der Waals surface area contributed by atoms with Crippen molar-refractivity contribution in [2.45, 2.75) is 38.5 Å². The maximum absolute atomic E-state index is 12.4. The third-order valence-electron chi connectivity index (χ3n) is 5.28. The highest BCUT2D eigenvalue weighted by molar-refractivity contribution is 5.90. The van der Waals surface area contributed by atoms with Gasteiger partial charge in [0.2, 0.25) is 11.9 Å². The second-order valence-corrected chi connectivity index (χ2v) is 7.35. The SMILES string of the molecule is Cc1ccc2[nH]cc(CCC(=O)Nc3nc(C4CCNCC4)nn3C)c2c1.Cl. The summed E-state index contributed by atoms with van der Waals surface area (Å²) in [5.41, 5.74) is 3.49. The van der Waals surface area contributed by atoms with E-state index in [1.807, 2.05) is 13.2 Å². The molecule has 3 heterocycles. The zero-order valence-corrected chi connectivity index (χ0v) is 17.1. The molecule has 0 atom stereocenters. The molecule has 1 saturated heterocycles. The fraction of sp³-hybridized carbons (Fsp3) is 0.450. The Balaban J connectivity index is 0.00000225. The van der Waals surface area contributed by atoms with Crippen LogP contribution in [-0.2, 0) is 18.3 Å². The minimum absolute atomic E-state index is 0. The first-order chi connectivity index (χ1) is 13.1. The number of amides is 1. The number of hydrogen-bond acceptors (Lipinski definition) is 4. The van der Waals surface area contributed by atoms with Crippen molar-refractivity contribution in [1.29, 1.82) is 0 Å². The lowest BCUT2D eigenvalue weighted by Gasteiger charge is -2.19. The van der Waals surface area contributed by atoms with Crippen molar-refractivity contribution >= 4 is 35.2 Å². The van der Waals surface area contributed by atoms with Gasteiger partial charge in [-0.1, -0.05) is 11.6 Å². The molecular weight excluding hydrogens is 376 g/mol. The maximum atomic E-state index is 12.4. The molecule has 3 aromatic rings. The van der Waals surface area contributed by atoms with E-state index in [1.54, 1.807) is 4.68 Å². The molecule has 1 aromatic carbocycles. The zero-order chi connectivity index (χ0) is 18.8. The molecule has 0 bridgehead atoms. The van der Waals surface area contributed by atoms with E-state index in [4.69, 9.17) is 0 Å². The van der Waals surface area contributed by atoms with Crippen LogP contribution in [0.25, 0.3) is 10.9 Å². The van der Waals surface area contributed by atoms with Crippen LogP contribution in [0.5, 0.6) is 0 Å². The number of H-pyrrole nitrogens is 1. The lowest BCUT2D eigenvalue weighted by atomic mass is 9.98. The third kappa shape index (κ3) is 4.36. The molecule has 0 aliphatic carbocycles. The first-order valence-corrected chi connectivity index (χ1v) is 9.58. The van der Waals surface area contributed by atoms with Crippen molar-refractivity contribution in [3.05, 3.63) is 41.3 Å². The van der Waals surface area contributed by atoms with E-state index >= 15 is 0 Å². The summed E-state index contributed by atoms with van der Waals surface area (Å²) >= 11 is 0. The van der Waals surface area contributed by atoms with Crippen LogP contribution in [0.1, 0.15) is 42.1 Å². The first-order valence-electron chi connectivity index (χ1n) is 9.58. The third-order valence-corrected chi connectivity index (χ3v) is 5.28. The quantitative estimate of drug-likeness (QED) is 0.612. The van der Waals surface area contributed by atoms with Gasteiger partial charge in [-0.15, -0.1) is 12.4 Å². The summed E-state index contributed by atoms with van der Waals surface area (Å²) in [4.78, 5) is 20.3. The molecular formula is C20H27ClN6O. The van der Waals surface area contributed by atoms with Gasteiger partial charge in [0, 0.05) is 36.5 Å². The Morgan fingerprint density at radius 1 is 1.32 bits per heavy atom. The second-order valence-electron chi connectivity index (χ2n) is 7.35. The Labute approximate surface area is 170 Å². The van der Waals surface area contributed by atoms with Gasteiger partial charge < -0.3 is 10.3 Å². The van der Waals surface area contributed by atoms with Crippen LogP contribution in [0.3, 0.4) is 0 Å². The van der Waals surface area contributed by atoms with Crippen LogP contribution in [0.15, 0.2) is 24.4 Å². The average Bonchev–Trinajstić information content (AvgIpc) is 3.24. The predicted octanol–water partition coefficient (Wildman–Crippen LogP) is 3.06. The molecule has 1 amide bonds. The van der Waals surface area contributed by atoms with Crippen molar-refractivity contribution in [3.63, 3.8) is 0 Å². The van der Waals surface area contributed by atoms with Gasteiger partial charge in [-0.05, 0) is 57.0 Å². The van der Waals surface area contributed by atoms with Crippen LogP contribution >= 0.6 is 12.4 Å². The number of rotatable bonds is 5. The Morgan fingerprint density at radius 2 is 2.11 bits per heavy atom. The largest absolute Gasteiger partial charge is 0.361 e. The molecule has 0 radical (unpaired) electrons. The number of aryl methyl sites for hydroxylation is 3. The van der Waals surface area contributed by atoms with Crippen molar-refractivity contribution in [3.8, 4) is 0 Å². The van der Waals surface area contributed by atoms with Crippen molar-refractivity contribution in [1.82, 2.24) is 25.1 Å². The smallest absolute Gasteiger partial charge is 0.227 e. The number of fused-ring (bicyclic) bond motifs is 1. The molecule has 2 aromatic heterocycles. The van der Waals surface area contributed by atoms with Crippen LogP contribution in [0, 0.1) is 6.92 Å². The van der Waals surface area contributed by atoms with Gasteiger partial charge in [0.05, 0.1) is 0 Å². The lowest BCUT2D eigenvalue weighted by molar-refractivity contribution is -0.116. The van der Waals surface area contributed by atoms with Gasteiger partial charge in [0.1, 0.15) is 0 Å². The fourth-order valence-electron chi connectivity index (χ4n) is 3.70. The number of nitrogens with one attached hydrogen (secondary N) is 3. The maximum Gasteiger partial charge on any atom is 0.227 e. The summed E-state index contributed by atoms with van der Waals surface area (Å²) in [5, 5.41) is 12.0. The number of benzene rings is 1. The number of carbonyl (C=O) groups excluding carboxylic acids is 1. The molecule has 1 aliphatic heterocycles. The normalized spacial score (nSPS) is 14.8. The number of carbonyl (C=O) groups is 1. The highest BCUT2D eigenvalue weighted by Gasteiger charge is 2.21. The molecule has 1 aliphatic rings. The van der Waals surface area contributed by atoms with Gasteiger partial charge >= 0.3 is 0 Å². The van der Waals surface area contributed by atoms with Crippen molar-refractivity contribution in [2.75, 3.05) is 18.4 Å². The zero-order valence-electron chi connectivity index (χ0n) is 16.3. The summed E-state index contributed by atoms with van der Waals surface area (Å²) < 4.78 is 1.67. The van der Waals surface area contributed by atoms with E-state index in [2.05, 4.69) is 50.8 Å². The predicted molar refractivity (Wildman–Crippen MR) is 113 cm³/mol. The summed E-state index contributed by atoms with van der Waals surface area (Å²) in [6, 6.07) is 6.33. The molecule has 4 rings (SSSR count). The number of piperidine rings is 1. The molecule has 150 valence electrons. The lowest BCUT2D eigenvalue weighted by Crippen LogP contribution is -2.27. The van der Waals surface area contributed by atoms with Gasteiger partial charge in [-0.25, -0.2) is 4.68 Å². The van der Waals surface area contributed by atoms with Crippen LogP contribution in [-0.4, -0.2) is 38.7 Å². The second kappa shape index (κ2) is 8.75. The van der Waals surface area contributed by atoms with Crippen molar-refractivity contribution < 1.29 is 4.79 Å². The minimum Gasteiger partial charge on any atom is -0.361 e. The molecule has 0 unspecified atom stereocenters. The molecule has 0 saturated carbocycles. The van der Waals surface area contributed by atoms with Gasteiger partial charge in [-0.3, -0.25) is 10.1 Å². The van der Waals surface area contributed by atoms with Gasteiger partial charge in [0.15, 0.2) is 5.82 Å². The summed E-state index contributed by atoms with van der Waals surface area (Å²) in [6.07, 6.45) is 5.18. The van der Waals surface area contributed by atoms with Crippen LogP contribution in [0.2, 0.25) is 0 Å². The minimum atomic E-state index is -0.0376. The Bertz CT molecular complexity index is 957. The van der Waals surface area contributed by atoms with E-state index in [0.717, 1.165) is 42.8 Å². The number of aromatic amines is 1. The number of hydrogen-bond donors (Lipinski definition) is 3. The topological polar surface area (TPSA) is 87.6 Å². The average molecular weight is 403 g/mol. The molecule has 3 N–H and O–H groups in total. The highest BCUT2D eigenvalue weighted by atomic mass is 35.5. The van der Waals surface area contributed by atoms with E-state index in [0.29, 0.717) is 24.7 Å². The molecule has 8 heteroatoms. The monoisotopic (exact) mass is 402 g/mol. The molecule has 7 nitrogen and oxygen atoms in total. The summed E-state index contributed by atoms with van der Waals surface area (Å²) in [5.74, 6) is 1.70. The standard InChI is InChI=1S/C20H26N6O.ClH/c1-13-3-5-17-16(11-13)15(12-22-17)4-6-18(27)23-20-24-19(25-26(20)2)14-7-9-21-10-8-14;/h3,5,11-12,14,21-22H,4,6-10H2,1-2H3,(H,23,24,25,27);1H. The summed E-state index contributed by atoms with van der Waals surface area (Å²) in [7, 11) is 1.83. The van der Waals surface area contributed by atoms with Crippen molar-refractivity contribution in [2.24, 2.45) is 7.05 Å². The Kier molecular flexibility index (Phi) is 6.36.